The van der Waals surface area contributed by atoms with E-state index in [1.165, 1.54) is 18.4 Å². The number of hydrogen-bond donors (Lipinski definition) is 1. The second kappa shape index (κ2) is 9.67. The highest BCUT2D eigenvalue weighted by Gasteiger charge is 2.42. The fourth-order valence-corrected chi connectivity index (χ4v) is 6.64. The maximum Gasteiger partial charge on any atom is 0.193 e. The van der Waals surface area contributed by atoms with E-state index in [2.05, 4.69) is 70.0 Å². The molecule has 8 heteroatoms. The predicted octanol–water partition coefficient (Wildman–Crippen LogP) is 6.44. The standard InChI is InChI=1S/C28H29N5OS2/c1-18-17-23(19(2)32(18)28-30-15-16-36-28)26-25(24-9-5-6-14-29-24)31-27(35)33(26)20-10-12-22(13-11-20)34-21-7-3-4-8-21/h5-6,9-17,21,25-26H,3-4,7-8H2,1-2H3,(H,31,35). The van der Waals surface area contributed by atoms with Crippen molar-refractivity contribution in [1.82, 2.24) is 19.9 Å². The van der Waals surface area contributed by atoms with Crippen molar-refractivity contribution in [2.75, 3.05) is 4.90 Å². The molecule has 1 N–H and O–H groups in total. The summed E-state index contributed by atoms with van der Waals surface area (Å²) in [5.41, 5.74) is 5.51. The van der Waals surface area contributed by atoms with Gasteiger partial charge in [-0.05, 0) is 99.8 Å². The summed E-state index contributed by atoms with van der Waals surface area (Å²) in [6.45, 7) is 4.30. The van der Waals surface area contributed by atoms with Crippen LogP contribution in [-0.4, -0.2) is 25.8 Å². The van der Waals surface area contributed by atoms with Crippen LogP contribution in [0.5, 0.6) is 5.75 Å². The van der Waals surface area contributed by atoms with Gasteiger partial charge in [-0.15, -0.1) is 11.3 Å². The molecule has 2 fully saturated rings. The molecule has 2 atom stereocenters. The molecule has 6 nitrogen and oxygen atoms in total. The SMILES string of the molecule is Cc1cc(C2C(c3ccccn3)NC(=S)N2c2ccc(OC3CCCC3)cc2)c(C)n1-c1nccs1. The fourth-order valence-electron chi connectivity index (χ4n) is 5.54. The maximum atomic E-state index is 6.22. The second-order valence-corrected chi connectivity index (χ2v) is 10.8. The minimum atomic E-state index is -0.0849. The Morgan fingerprint density at radius 3 is 2.53 bits per heavy atom. The average molecular weight is 516 g/mol. The number of nitrogens with zero attached hydrogens (tertiary/aromatic N) is 4. The van der Waals surface area contributed by atoms with Crippen molar-refractivity contribution in [3.05, 3.63) is 88.9 Å². The number of ether oxygens (including phenoxy) is 1. The van der Waals surface area contributed by atoms with E-state index in [0.717, 1.165) is 46.5 Å². The van der Waals surface area contributed by atoms with Crippen LogP contribution in [0.25, 0.3) is 5.13 Å². The lowest BCUT2D eigenvalue weighted by molar-refractivity contribution is 0.210. The Morgan fingerprint density at radius 1 is 1.03 bits per heavy atom. The summed E-state index contributed by atoms with van der Waals surface area (Å²) in [5, 5.41) is 7.25. The van der Waals surface area contributed by atoms with Crippen molar-refractivity contribution in [1.29, 1.82) is 0 Å². The van der Waals surface area contributed by atoms with Crippen molar-refractivity contribution < 1.29 is 4.74 Å². The van der Waals surface area contributed by atoms with Crippen LogP contribution in [0.2, 0.25) is 0 Å². The largest absolute Gasteiger partial charge is 0.490 e. The second-order valence-electron chi connectivity index (χ2n) is 9.49. The number of hydrogen-bond acceptors (Lipinski definition) is 5. The van der Waals surface area contributed by atoms with Crippen LogP contribution >= 0.6 is 23.6 Å². The molecule has 2 aliphatic rings. The molecular formula is C28H29N5OS2. The van der Waals surface area contributed by atoms with Gasteiger partial charge in [0.1, 0.15) is 5.75 Å². The van der Waals surface area contributed by atoms with Crippen molar-refractivity contribution >= 4 is 34.4 Å². The predicted molar refractivity (Wildman–Crippen MR) is 148 cm³/mol. The smallest absolute Gasteiger partial charge is 0.193 e. The normalized spacial score (nSPS) is 20.2. The highest BCUT2D eigenvalue weighted by atomic mass is 32.1. The number of aromatic nitrogens is 3. The first kappa shape index (κ1) is 23.2. The summed E-state index contributed by atoms with van der Waals surface area (Å²) in [6, 6.07) is 16.5. The summed E-state index contributed by atoms with van der Waals surface area (Å²) in [4.78, 5) is 11.5. The third-order valence-electron chi connectivity index (χ3n) is 7.22. The van der Waals surface area contributed by atoms with Crippen LogP contribution in [0.3, 0.4) is 0 Å². The quantitative estimate of drug-likeness (QED) is 0.298. The van der Waals surface area contributed by atoms with E-state index < -0.39 is 0 Å². The molecule has 6 rings (SSSR count). The van der Waals surface area contributed by atoms with E-state index in [4.69, 9.17) is 21.9 Å². The number of pyridine rings is 1. The molecule has 36 heavy (non-hydrogen) atoms. The molecular weight excluding hydrogens is 486 g/mol. The minimum Gasteiger partial charge on any atom is -0.490 e. The van der Waals surface area contributed by atoms with Crippen LogP contribution < -0.4 is 15.0 Å². The van der Waals surface area contributed by atoms with Crippen LogP contribution in [-0.2, 0) is 0 Å². The molecule has 0 radical (unpaired) electrons. The Labute approximate surface area is 221 Å². The molecule has 4 aromatic rings. The van der Waals surface area contributed by atoms with Gasteiger partial charge in [0.25, 0.3) is 0 Å². The van der Waals surface area contributed by atoms with Gasteiger partial charge < -0.3 is 15.0 Å². The van der Waals surface area contributed by atoms with Gasteiger partial charge in [0.2, 0.25) is 0 Å². The zero-order chi connectivity index (χ0) is 24.6. The lowest BCUT2D eigenvalue weighted by Crippen LogP contribution is -2.29. The van der Waals surface area contributed by atoms with E-state index >= 15 is 0 Å². The number of thiazole rings is 1. The number of benzene rings is 1. The van der Waals surface area contributed by atoms with Gasteiger partial charge in [0.15, 0.2) is 10.2 Å². The third-order valence-corrected chi connectivity index (χ3v) is 8.29. The van der Waals surface area contributed by atoms with E-state index in [1.807, 2.05) is 29.9 Å². The summed E-state index contributed by atoms with van der Waals surface area (Å²) >= 11 is 7.57. The monoisotopic (exact) mass is 515 g/mol. The number of nitrogens with one attached hydrogen (secondary N) is 1. The molecule has 4 heterocycles. The Bertz CT molecular complexity index is 1340. The zero-order valence-corrected chi connectivity index (χ0v) is 22.1. The number of thiocarbonyl (C=S) groups is 1. The Morgan fingerprint density at radius 2 is 1.83 bits per heavy atom. The Kier molecular flexibility index (Phi) is 6.23. The van der Waals surface area contributed by atoms with E-state index in [0.29, 0.717) is 11.2 Å². The molecule has 0 amide bonds. The number of rotatable bonds is 6. The van der Waals surface area contributed by atoms with Gasteiger partial charge in [0.05, 0.1) is 23.9 Å². The Balaban J connectivity index is 1.40. The van der Waals surface area contributed by atoms with Crippen LogP contribution in [0.1, 0.15) is 60.4 Å². The number of anilines is 1. The number of aryl methyl sites for hydroxylation is 1. The molecule has 184 valence electrons. The van der Waals surface area contributed by atoms with Gasteiger partial charge in [-0.3, -0.25) is 9.55 Å². The lowest BCUT2D eigenvalue weighted by atomic mass is 9.96. The summed E-state index contributed by atoms with van der Waals surface area (Å²) < 4.78 is 8.44. The van der Waals surface area contributed by atoms with Gasteiger partial charge in [-0.2, -0.15) is 0 Å². The molecule has 1 saturated heterocycles. The first-order valence-corrected chi connectivity index (χ1v) is 13.7. The molecule has 0 bridgehead atoms. The topological polar surface area (TPSA) is 55.2 Å². The highest BCUT2D eigenvalue weighted by molar-refractivity contribution is 7.80. The molecule has 3 aromatic heterocycles. The average Bonchev–Trinajstić information content (AvgIpc) is 3.69. The minimum absolute atomic E-state index is 0.0612. The molecule has 1 saturated carbocycles. The first-order valence-electron chi connectivity index (χ1n) is 12.5. The highest BCUT2D eigenvalue weighted by Crippen LogP contribution is 2.44. The molecule has 2 unspecified atom stereocenters. The van der Waals surface area contributed by atoms with Gasteiger partial charge in [-0.1, -0.05) is 6.07 Å². The summed E-state index contributed by atoms with van der Waals surface area (Å²) in [7, 11) is 0. The maximum absolute atomic E-state index is 6.22. The summed E-state index contributed by atoms with van der Waals surface area (Å²) in [5.74, 6) is 0.920. The van der Waals surface area contributed by atoms with Gasteiger partial charge in [-0.25, -0.2) is 4.98 Å². The van der Waals surface area contributed by atoms with Crippen LogP contribution in [0.4, 0.5) is 5.69 Å². The fraction of sp³-hybridized carbons (Fsp3) is 0.321. The van der Waals surface area contributed by atoms with Crippen LogP contribution in [0.15, 0.2) is 66.3 Å². The van der Waals surface area contributed by atoms with Crippen molar-refractivity contribution in [2.45, 2.75) is 57.7 Å². The Hall–Kier alpha value is -3.23. The van der Waals surface area contributed by atoms with Crippen LogP contribution in [0, 0.1) is 13.8 Å². The zero-order valence-electron chi connectivity index (χ0n) is 20.4. The van der Waals surface area contributed by atoms with Gasteiger partial charge in [0, 0.05) is 34.8 Å². The third kappa shape index (κ3) is 4.18. The van der Waals surface area contributed by atoms with Gasteiger partial charge >= 0.3 is 0 Å². The van der Waals surface area contributed by atoms with Crippen molar-refractivity contribution in [3.8, 4) is 10.9 Å². The molecule has 0 spiro atoms. The lowest BCUT2D eigenvalue weighted by Gasteiger charge is -2.28. The first-order chi connectivity index (χ1) is 17.6. The van der Waals surface area contributed by atoms with Crippen molar-refractivity contribution in [3.63, 3.8) is 0 Å². The summed E-state index contributed by atoms with van der Waals surface area (Å²) in [6.07, 6.45) is 8.83. The molecule has 1 aliphatic heterocycles. The molecule has 1 aliphatic carbocycles. The van der Waals surface area contributed by atoms with Crippen molar-refractivity contribution in [2.24, 2.45) is 0 Å². The molecule has 1 aromatic carbocycles. The van der Waals surface area contributed by atoms with E-state index in [-0.39, 0.29) is 12.1 Å². The van der Waals surface area contributed by atoms with E-state index in [1.54, 1.807) is 11.3 Å². The van der Waals surface area contributed by atoms with E-state index in [9.17, 15) is 0 Å².